The van der Waals surface area contributed by atoms with Crippen LogP contribution in [0.25, 0.3) is 0 Å². The third-order valence-electron chi connectivity index (χ3n) is 1.95. The van der Waals surface area contributed by atoms with Gasteiger partial charge in [-0.15, -0.1) is 0 Å². The van der Waals surface area contributed by atoms with E-state index in [4.69, 9.17) is 4.74 Å². The summed E-state index contributed by atoms with van der Waals surface area (Å²) in [7, 11) is 0. The highest BCUT2D eigenvalue weighted by Gasteiger charge is 2.44. The van der Waals surface area contributed by atoms with Crippen LogP contribution in [0, 0.1) is 0 Å². The standard InChI is InChI=1S/C6H11NO/c1-2-4-7-6(3-1)5-8-6/h7H,1-5H2. The van der Waals surface area contributed by atoms with Crippen LogP contribution in [-0.2, 0) is 4.74 Å². The van der Waals surface area contributed by atoms with Crippen molar-refractivity contribution >= 4 is 0 Å². The summed E-state index contributed by atoms with van der Waals surface area (Å²) in [5, 5.41) is 3.35. The first kappa shape index (κ1) is 4.77. The summed E-state index contributed by atoms with van der Waals surface area (Å²) < 4.78 is 5.23. The molecule has 2 saturated heterocycles. The van der Waals surface area contributed by atoms with Crippen LogP contribution in [-0.4, -0.2) is 18.9 Å². The molecule has 0 aromatic carbocycles. The number of hydrogen-bond acceptors (Lipinski definition) is 2. The average molecular weight is 113 g/mol. The van der Waals surface area contributed by atoms with Crippen LogP contribution in [0.15, 0.2) is 0 Å². The minimum absolute atomic E-state index is 0.179. The Kier molecular flexibility index (Phi) is 0.866. The smallest absolute Gasteiger partial charge is 0.143 e. The normalized spacial score (nSPS) is 45.0. The zero-order valence-electron chi connectivity index (χ0n) is 4.94. The molecule has 0 radical (unpaired) electrons. The van der Waals surface area contributed by atoms with Crippen molar-refractivity contribution in [2.24, 2.45) is 0 Å². The number of hydrogen-bond donors (Lipinski definition) is 1. The van der Waals surface area contributed by atoms with Crippen molar-refractivity contribution in [3.05, 3.63) is 0 Å². The second kappa shape index (κ2) is 1.45. The summed E-state index contributed by atoms with van der Waals surface area (Å²) in [5.41, 5.74) is 0.179. The van der Waals surface area contributed by atoms with E-state index in [1.165, 1.54) is 19.3 Å². The van der Waals surface area contributed by atoms with Crippen LogP contribution in [0.5, 0.6) is 0 Å². The first-order valence-electron chi connectivity index (χ1n) is 3.30. The second-order valence-electron chi connectivity index (χ2n) is 2.67. The molecule has 2 aliphatic rings. The average Bonchev–Trinajstić information content (AvgIpc) is 2.52. The molecular weight excluding hydrogens is 102 g/mol. The summed E-state index contributed by atoms with van der Waals surface area (Å²) in [6.07, 6.45) is 3.89. The topological polar surface area (TPSA) is 24.6 Å². The molecule has 2 heteroatoms. The molecule has 1 spiro atoms. The van der Waals surface area contributed by atoms with Gasteiger partial charge in [0.05, 0.1) is 6.61 Å². The minimum Gasteiger partial charge on any atom is -0.354 e. The maximum atomic E-state index is 5.23. The highest BCUT2D eigenvalue weighted by Crippen LogP contribution is 2.31. The van der Waals surface area contributed by atoms with Crippen LogP contribution in [0.1, 0.15) is 19.3 Å². The number of piperidine rings is 1. The molecule has 0 bridgehead atoms. The highest BCUT2D eigenvalue weighted by atomic mass is 16.6. The van der Waals surface area contributed by atoms with Crippen LogP contribution in [0.4, 0.5) is 0 Å². The molecule has 2 fully saturated rings. The number of nitrogens with one attached hydrogen (secondary N) is 1. The zero-order valence-corrected chi connectivity index (χ0v) is 4.94. The predicted octanol–water partition coefficient (Wildman–Crippen LogP) is 0.486. The maximum Gasteiger partial charge on any atom is 0.143 e. The fourth-order valence-electron chi connectivity index (χ4n) is 1.27. The van der Waals surface area contributed by atoms with Gasteiger partial charge in [-0.3, -0.25) is 5.32 Å². The fourth-order valence-corrected chi connectivity index (χ4v) is 1.27. The zero-order chi connectivity index (χ0) is 5.45. The number of epoxide rings is 1. The van der Waals surface area contributed by atoms with E-state index >= 15 is 0 Å². The molecule has 0 aromatic heterocycles. The lowest BCUT2D eigenvalue weighted by molar-refractivity contribution is 0.211. The van der Waals surface area contributed by atoms with Crippen LogP contribution in [0.3, 0.4) is 0 Å². The van der Waals surface area contributed by atoms with E-state index in [0.717, 1.165) is 13.2 Å². The van der Waals surface area contributed by atoms with Crippen molar-refractivity contribution in [2.75, 3.05) is 13.2 Å². The third-order valence-corrected chi connectivity index (χ3v) is 1.95. The fraction of sp³-hybridized carbons (Fsp3) is 1.00. The minimum atomic E-state index is 0.179. The van der Waals surface area contributed by atoms with Crippen molar-refractivity contribution in [1.82, 2.24) is 5.32 Å². The molecular formula is C6H11NO. The van der Waals surface area contributed by atoms with Crippen LogP contribution < -0.4 is 5.32 Å². The Bertz CT molecular complexity index is 90.7. The van der Waals surface area contributed by atoms with Gasteiger partial charge in [0.15, 0.2) is 0 Å². The Morgan fingerprint density at radius 3 is 2.62 bits per heavy atom. The molecule has 1 atom stereocenters. The van der Waals surface area contributed by atoms with E-state index in [2.05, 4.69) is 5.32 Å². The number of rotatable bonds is 0. The molecule has 1 N–H and O–H groups in total. The quantitative estimate of drug-likeness (QED) is 0.462. The predicted molar refractivity (Wildman–Crippen MR) is 30.5 cm³/mol. The van der Waals surface area contributed by atoms with Gasteiger partial charge in [-0.05, 0) is 25.8 Å². The molecule has 0 aromatic rings. The maximum absolute atomic E-state index is 5.23. The SMILES string of the molecule is C1CCC2(CO2)NC1. The monoisotopic (exact) mass is 113 g/mol. The first-order chi connectivity index (χ1) is 3.91. The Morgan fingerprint density at radius 2 is 2.25 bits per heavy atom. The van der Waals surface area contributed by atoms with Crippen molar-refractivity contribution in [1.29, 1.82) is 0 Å². The van der Waals surface area contributed by atoms with E-state index in [9.17, 15) is 0 Å². The van der Waals surface area contributed by atoms with Gasteiger partial charge >= 0.3 is 0 Å². The van der Waals surface area contributed by atoms with Crippen molar-refractivity contribution in [3.8, 4) is 0 Å². The Hall–Kier alpha value is -0.0800. The van der Waals surface area contributed by atoms with Crippen molar-refractivity contribution in [3.63, 3.8) is 0 Å². The lowest BCUT2D eigenvalue weighted by atomic mass is 10.1. The highest BCUT2D eigenvalue weighted by molar-refractivity contribution is 4.91. The van der Waals surface area contributed by atoms with Crippen LogP contribution >= 0.6 is 0 Å². The van der Waals surface area contributed by atoms with Gasteiger partial charge in [0.1, 0.15) is 5.72 Å². The summed E-state index contributed by atoms with van der Waals surface area (Å²) in [6, 6.07) is 0. The van der Waals surface area contributed by atoms with Crippen molar-refractivity contribution < 1.29 is 4.74 Å². The van der Waals surface area contributed by atoms with E-state index in [0.29, 0.717) is 0 Å². The van der Waals surface area contributed by atoms with E-state index in [1.54, 1.807) is 0 Å². The van der Waals surface area contributed by atoms with E-state index < -0.39 is 0 Å². The molecule has 2 nitrogen and oxygen atoms in total. The molecule has 46 valence electrons. The summed E-state index contributed by atoms with van der Waals surface area (Å²) in [4.78, 5) is 0. The molecule has 2 rings (SSSR count). The molecule has 2 aliphatic heterocycles. The van der Waals surface area contributed by atoms with Gasteiger partial charge in [-0.2, -0.15) is 0 Å². The molecule has 0 amide bonds. The van der Waals surface area contributed by atoms with Gasteiger partial charge in [0, 0.05) is 0 Å². The van der Waals surface area contributed by atoms with Gasteiger partial charge in [0.25, 0.3) is 0 Å². The van der Waals surface area contributed by atoms with E-state index in [-0.39, 0.29) is 5.72 Å². The third kappa shape index (κ3) is 0.644. The van der Waals surface area contributed by atoms with Gasteiger partial charge in [0.2, 0.25) is 0 Å². The molecule has 1 unspecified atom stereocenters. The van der Waals surface area contributed by atoms with Gasteiger partial charge in [-0.25, -0.2) is 0 Å². The van der Waals surface area contributed by atoms with Crippen molar-refractivity contribution in [2.45, 2.75) is 25.0 Å². The molecule has 0 saturated carbocycles. The Morgan fingerprint density at radius 1 is 1.38 bits per heavy atom. The Balaban J connectivity index is 1.95. The number of ether oxygens (including phenoxy) is 1. The summed E-state index contributed by atoms with van der Waals surface area (Å²) >= 11 is 0. The first-order valence-corrected chi connectivity index (χ1v) is 3.30. The van der Waals surface area contributed by atoms with E-state index in [1.807, 2.05) is 0 Å². The molecule has 8 heavy (non-hydrogen) atoms. The van der Waals surface area contributed by atoms with Gasteiger partial charge < -0.3 is 4.74 Å². The Labute approximate surface area is 49.2 Å². The lowest BCUT2D eigenvalue weighted by Crippen LogP contribution is -2.37. The van der Waals surface area contributed by atoms with Gasteiger partial charge in [-0.1, -0.05) is 0 Å². The van der Waals surface area contributed by atoms with Crippen LogP contribution in [0.2, 0.25) is 0 Å². The molecule has 0 aliphatic carbocycles. The lowest BCUT2D eigenvalue weighted by Gasteiger charge is -2.18. The summed E-state index contributed by atoms with van der Waals surface area (Å²) in [5.74, 6) is 0. The molecule has 2 heterocycles. The second-order valence-corrected chi connectivity index (χ2v) is 2.67. The largest absolute Gasteiger partial charge is 0.354 e. The summed E-state index contributed by atoms with van der Waals surface area (Å²) in [6.45, 7) is 2.10.